The minimum atomic E-state index is -3.46. The van der Waals surface area contributed by atoms with Gasteiger partial charge in [0.05, 0.1) is 11.5 Å². The van der Waals surface area contributed by atoms with Gasteiger partial charge in [-0.05, 0) is 37.7 Å². The van der Waals surface area contributed by atoms with Crippen LogP contribution in [0.5, 0.6) is 0 Å². The van der Waals surface area contributed by atoms with Crippen LogP contribution in [-0.4, -0.2) is 35.9 Å². The SMILES string of the molecule is CCC1CCC(N(C)S(=O)(=O)c2c[nH]c(CO)c2)CC1. The molecule has 0 unspecified atom stereocenters. The molecule has 1 aliphatic rings. The number of aromatic nitrogens is 1. The van der Waals surface area contributed by atoms with Crippen molar-refractivity contribution in [1.82, 2.24) is 9.29 Å². The molecule has 6 heteroatoms. The Bertz CT molecular complexity index is 530. The topological polar surface area (TPSA) is 73.4 Å². The number of aliphatic hydroxyl groups excluding tert-OH is 1. The first-order valence-electron chi connectivity index (χ1n) is 7.25. The summed E-state index contributed by atoms with van der Waals surface area (Å²) in [4.78, 5) is 3.02. The highest BCUT2D eigenvalue weighted by molar-refractivity contribution is 7.89. The van der Waals surface area contributed by atoms with Crippen molar-refractivity contribution >= 4 is 10.0 Å². The molecular formula is C14H24N2O3S. The van der Waals surface area contributed by atoms with E-state index < -0.39 is 10.0 Å². The highest BCUT2D eigenvalue weighted by Crippen LogP contribution is 2.31. The number of hydrogen-bond acceptors (Lipinski definition) is 3. The lowest BCUT2D eigenvalue weighted by atomic mass is 9.85. The van der Waals surface area contributed by atoms with Crippen LogP contribution in [0.15, 0.2) is 17.2 Å². The van der Waals surface area contributed by atoms with Gasteiger partial charge in [0, 0.05) is 25.0 Å². The van der Waals surface area contributed by atoms with E-state index in [2.05, 4.69) is 11.9 Å². The van der Waals surface area contributed by atoms with Gasteiger partial charge < -0.3 is 10.1 Å². The fourth-order valence-corrected chi connectivity index (χ4v) is 4.37. The Morgan fingerprint density at radius 3 is 2.50 bits per heavy atom. The van der Waals surface area contributed by atoms with Gasteiger partial charge >= 0.3 is 0 Å². The zero-order valence-corrected chi connectivity index (χ0v) is 13.0. The quantitative estimate of drug-likeness (QED) is 0.874. The van der Waals surface area contributed by atoms with E-state index in [0.29, 0.717) is 5.69 Å². The summed E-state index contributed by atoms with van der Waals surface area (Å²) in [5.74, 6) is 0.746. The van der Waals surface area contributed by atoms with E-state index >= 15 is 0 Å². The fraction of sp³-hybridized carbons (Fsp3) is 0.714. The standard InChI is InChI=1S/C14H24N2O3S/c1-3-11-4-6-13(7-5-11)16(2)20(18,19)14-8-12(10-17)15-9-14/h8-9,11,13,15,17H,3-7,10H2,1-2H3. The van der Waals surface area contributed by atoms with Crippen LogP contribution in [0.4, 0.5) is 0 Å². The van der Waals surface area contributed by atoms with Crippen LogP contribution in [0.2, 0.25) is 0 Å². The predicted octanol–water partition coefficient (Wildman–Crippen LogP) is 2.10. The first-order chi connectivity index (χ1) is 9.48. The van der Waals surface area contributed by atoms with Gasteiger partial charge in [-0.3, -0.25) is 0 Å². The maximum Gasteiger partial charge on any atom is 0.244 e. The van der Waals surface area contributed by atoms with Crippen molar-refractivity contribution in [2.75, 3.05) is 7.05 Å². The Labute approximate surface area is 121 Å². The molecule has 0 aromatic carbocycles. The molecule has 1 aliphatic carbocycles. The molecule has 1 heterocycles. The Balaban J connectivity index is 2.09. The van der Waals surface area contributed by atoms with Gasteiger partial charge in [-0.15, -0.1) is 0 Å². The van der Waals surface area contributed by atoms with Crippen LogP contribution in [0.25, 0.3) is 0 Å². The molecule has 1 fully saturated rings. The van der Waals surface area contributed by atoms with Gasteiger partial charge in [-0.1, -0.05) is 13.3 Å². The van der Waals surface area contributed by atoms with Crippen LogP contribution in [-0.2, 0) is 16.6 Å². The third-order valence-corrected chi connectivity index (χ3v) is 6.36. The van der Waals surface area contributed by atoms with E-state index in [0.717, 1.165) is 31.6 Å². The smallest absolute Gasteiger partial charge is 0.244 e. The van der Waals surface area contributed by atoms with Gasteiger partial charge in [0.2, 0.25) is 10.0 Å². The number of hydrogen-bond donors (Lipinski definition) is 2. The minimum Gasteiger partial charge on any atom is -0.390 e. The van der Waals surface area contributed by atoms with Gasteiger partial charge in [0.25, 0.3) is 0 Å². The fourth-order valence-electron chi connectivity index (χ4n) is 2.94. The third kappa shape index (κ3) is 3.07. The van der Waals surface area contributed by atoms with Crippen molar-refractivity contribution in [1.29, 1.82) is 0 Å². The summed E-state index contributed by atoms with van der Waals surface area (Å²) in [6.07, 6.45) is 6.72. The highest BCUT2D eigenvalue weighted by Gasteiger charge is 2.31. The van der Waals surface area contributed by atoms with Gasteiger partial charge in [-0.25, -0.2) is 8.42 Å². The van der Waals surface area contributed by atoms with Crippen LogP contribution in [0.3, 0.4) is 0 Å². The van der Waals surface area contributed by atoms with Crippen molar-refractivity contribution < 1.29 is 13.5 Å². The van der Waals surface area contributed by atoms with Crippen molar-refractivity contribution in [3.05, 3.63) is 18.0 Å². The lowest BCUT2D eigenvalue weighted by Gasteiger charge is -2.33. The molecule has 0 bridgehead atoms. The number of nitrogens with one attached hydrogen (secondary N) is 1. The Hall–Kier alpha value is -0.850. The van der Waals surface area contributed by atoms with E-state index in [1.54, 1.807) is 7.05 Å². The average Bonchev–Trinajstić information content (AvgIpc) is 2.96. The first kappa shape index (κ1) is 15.5. The van der Waals surface area contributed by atoms with E-state index in [-0.39, 0.29) is 17.5 Å². The van der Waals surface area contributed by atoms with Crippen molar-refractivity contribution in [3.8, 4) is 0 Å². The number of aromatic amines is 1. The van der Waals surface area contributed by atoms with Crippen molar-refractivity contribution in [2.45, 2.75) is 56.6 Å². The van der Waals surface area contributed by atoms with E-state index in [1.807, 2.05) is 0 Å². The molecule has 2 rings (SSSR count). The van der Waals surface area contributed by atoms with Crippen LogP contribution < -0.4 is 0 Å². The third-order valence-electron chi connectivity index (χ3n) is 4.47. The lowest BCUT2D eigenvalue weighted by Crippen LogP contribution is -2.39. The first-order valence-corrected chi connectivity index (χ1v) is 8.69. The Morgan fingerprint density at radius 2 is 2.00 bits per heavy atom. The summed E-state index contributed by atoms with van der Waals surface area (Å²) in [5, 5.41) is 9.02. The molecule has 0 saturated heterocycles. The summed E-state index contributed by atoms with van der Waals surface area (Å²) in [5.41, 5.74) is 0.520. The molecule has 5 nitrogen and oxygen atoms in total. The molecule has 1 aromatic heterocycles. The number of sulfonamides is 1. The van der Waals surface area contributed by atoms with E-state index in [1.165, 1.54) is 23.0 Å². The summed E-state index contributed by atoms with van der Waals surface area (Å²) in [7, 11) is -1.80. The molecule has 2 N–H and O–H groups in total. The van der Waals surface area contributed by atoms with Crippen molar-refractivity contribution in [3.63, 3.8) is 0 Å². The second-order valence-corrected chi connectivity index (χ2v) is 7.62. The number of aliphatic hydroxyl groups is 1. The predicted molar refractivity (Wildman–Crippen MR) is 77.7 cm³/mol. The van der Waals surface area contributed by atoms with E-state index in [4.69, 9.17) is 5.11 Å². The molecule has 0 spiro atoms. The maximum atomic E-state index is 12.5. The molecule has 114 valence electrons. The highest BCUT2D eigenvalue weighted by atomic mass is 32.2. The van der Waals surface area contributed by atoms with Crippen LogP contribution in [0.1, 0.15) is 44.7 Å². The molecular weight excluding hydrogens is 276 g/mol. The molecule has 0 amide bonds. The summed E-state index contributed by atoms with van der Waals surface area (Å²) < 4.78 is 26.6. The second-order valence-electron chi connectivity index (χ2n) is 5.62. The summed E-state index contributed by atoms with van der Waals surface area (Å²) in [6.45, 7) is 2.02. The van der Waals surface area contributed by atoms with Gasteiger partial charge in [-0.2, -0.15) is 4.31 Å². The molecule has 1 aromatic rings. The Morgan fingerprint density at radius 1 is 1.35 bits per heavy atom. The molecule has 0 atom stereocenters. The second kappa shape index (κ2) is 6.28. The molecule has 0 radical (unpaired) electrons. The Kier molecular flexibility index (Phi) is 4.88. The normalized spacial score (nSPS) is 24.2. The summed E-state index contributed by atoms with van der Waals surface area (Å²) >= 11 is 0. The molecule has 20 heavy (non-hydrogen) atoms. The number of nitrogens with zero attached hydrogens (tertiary/aromatic N) is 1. The zero-order chi connectivity index (χ0) is 14.8. The lowest BCUT2D eigenvalue weighted by molar-refractivity contribution is 0.233. The zero-order valence-electron chi connectivity index (χ0n) is 12.2. The average molecular weight is 300 g/mol. The largest absolute Gasteiger partial charge is 0.390 e. The molecule has 1 saturated carbocycles. The van der Waals surface area contributed by atoms with Gasteiger partial charge in [0.15, 0.2) is 0 Å². The number of rotatable bonds is 5. The van der Waals surface area contributed by atoms with E-state index in [9.17, 15) is 8.42 Å². The van der Waals surface area contributed by atoms with Crippen LogP contribution >= 0.6 is 0 Å². The van der Waals surface area contributed by atoms with Crippen LogP contribution in [0, 0.1) is 5.92 Å². The van der Waals surface area contributed by atoms with Crippen molar-refractivity contribution in [2.24, 2.45) is 5.92 Å². The monoisotopic (exact) mass is 300 g/mol. The number of H-pyrrole nitrogens is 1. The van der Waals surface area contributed by atoms with Gasteiger partial charge in [0.1, 0.15) is 0 Å². The summed E-state index contributed by atoms with van der Waals surface area (Å²) in [6, 6.07) is 1.60. The molecule has 0 aliphatic heterocycles. The minimum absolute atomic E-state index is 0.0928. The maximum absolute atomic E-state index is 12.5.